The predicted molar refractivity (Wildman–Crippen MR) is 100.0 cm³/mol. The van der Waals surface area contributed by atoms with Crippen LogP contribution in [0, 0.1) is 0 Å². The monoisotopic (exact) mass is 382 g/mol. The maximum atomic E-state index is 12.6. The van der Waals surface area contributed by atoms with E-state index in [1.807, 2.05) is 30.3 Å². The van der Waals surface area contributed by atoms with Crippen LogP contribution in [-0.4, -0.2) is 43.7 Å². The number of rotatable bonds is 5. The van der Waals surface area contributed by atoms with E-state index in [0.717, 1.165) is 11.3 Å². The molecular formula is C19H18N4O3S. The molecule has 138 valence electrons. The fourth-order valence-electron chi connectivity index (χ4n) is 3.28. The van der Waals surface area contributed by atoms with Crippen molar-refractivity contribution in [3.63, 3.8) is 0 Å². The molecule has 3 aromatic rings. The molecule has 1 aliphatic carbocycles. The standard InChI is InChI=1S/C19H18N4O3S/c1-2-26-17(25)11-27-19-21-18-20-10-14-15(23(18)22-19)8-13(9-16(14)24)12-6-4-3-5-7-12/h3-7,10,13H,2,8-9,11H2,1H3. The number of carbonyl (C=O) groups excluding carboxylic acids is 2. The molecule has 27 heavy (non-hydrogen) atoms. The van der Waals surface area contributed by atoms with Crippen LogP contribution in [0.3, 0.4) is 0 Å². The molecule has 0 spiro atoms. The number of hydrogen-bond acceptors (Lipinski definition) is 7. The summed E-state index contributed by atoms with van der Waals surface area (Å²) >= 11 is 1.20. The summed E-state index contributed by atoms with van der Waals surface area (Å²) in [6.45, 7) is 2.11. The molecule has 0 N–H and O–H groups in total. The van der Waals surface area contributed by atoms with Crippen LogP contribution in [0.4, 0.5) is 0 Å². The Hall–Kier alpha value is -2.74. The number of hydrogen-bond donors (Lipinski definition) is 0. The molecule has 4 rings (SSSR count). The fourth-order valence-corrected chi connectivity index (χ4v) is 3.89. The number of Topliss-reactive ketones (excluding diaryl/α,β-unsaturated/α-hetero) is 1. The van der Waals surface area contributed by atoms with Gasteiger partial charge in [0.05, 0.1) is 23.6 Å². The van der Waals surface area contributed by atoms with Crippen molar-refractivity contribution < 1.29 is 14.3 Å². The topological polar surface area (TPSA) is 86.4 Å². The van der Waals surface area contributed by atoms with Gasteiger partial charge in [0.25, 0.3) is 5.78 Å². The maximum absolute atomic E-state index is 12.6. The molecule has 0 radical (unpaired) electrons. The van der Waals surface area contributed by atoms with Crippen LogP contribution in [0.25, 0.3) is 5.78 Å². The van der Waals surface area contributed by atoms with Gasteiger partial charge >= 0.3 is 5.97 Å². The van der Waals surface area contributed by atoms with Gasteiger partial charge in [-0.25, -0.2) is 4.98 Å². The van der Waals surface area contributed by atoms with Gasteiger partial charge in [0.1, 0.15) is 0 Å². The number of aromatic nitrogens is 4. The first kappa shape index (κ1) is 17.7. The van der Waals surface area contributed by atoms with Crippen molar-refractivity contribution in [1.29, 1.82) is 0 Å². The number of nitrogens with zero attached hydrogens (tertiary/aromatic N) is 4. The van der Waals surface area contributed by atoms with Crippen LogP contribution in [-0.2, 0) is 16.0 Å². The van der Waals surface area contributed by atoms with Crippen molar-refractivity contribution >= 4 is 29.3 Å². The minimum absolute atomic E-state index is 0.0655. The summed E-state index contributed by atoms with van der Waals surface area (Å²) in [5, 5.41) is 4.91. The summed E-state index contributed by atoms with van der Waals surface area (Å²) in [7, 11) is 0. The lowest BCUT2D eigenvalue weighted by Gasteiger charge is -2.23. The number of ether oxygens (including phenoxy) is 1. The summed E-state index contributed by atoms with van der Waals surface area (Å²) < 4.78 is 6.56. The van der Waals surface area contributed by atoms with Crippen LogP contribution in [0.5, 0.6) is 0 Å². The SMILES string of the molecule is CCOC(=O)CSc1nc2ncc3c(n2n1)CC(c1ccccc1)CC3=O. The van der Waals surface area contributed by atoms with E-state index >= 15 is 0 Å². The first-order valence-electron chi connectivity index (χ1n) is 8.77. The molecule has 1 unspecified atom stereocenters. The van der Waals surface area contributed by atoms with Crippen LogP contribution in [0.15, 0.2) is 41.7 Å². The lowest BCUT2D eigenvalue weighted by atomic mass is 9.82. The Labute approximate surface area is 160 Å². The normalized spacial score (nSPS) is 16.3. The molecule has 0 saturated carbocycles. The highest BCUT2D eigenvalue weighted by Gasteiger charge is 2.29. The second-order valence-electron chi connectivity index (χ2n) is 6.26. The van der Waals surface area contributed by atoms with E-state index in [9.17, 15) is 9.59 Å². The lowest BCUT2D eigenvalue weighted by molar-refractivity contribution is -0.139. The molecule has 2 heterocycles. The van der Waals surface area contributed by atoms with E-state index in [0.29, 0.717) is 35.9 Å². The molecule has 0 aliphatic heterocycles. The van der Waals surface area contributed by atoms with E-state index in [-0.39, 0.29) is 23.4 Å². The molecular weight excluding hydrogens is 364 g/mol. The van der Waals surface area contributed by atoms with Gasteiger partial charge < -0.3 is 4.74 Å². The van der Waals surface area contributed by atoms with Gasteiger partial charge in [-0.2, -0.15) is 9.50 Å². The van der Waals surface area contributed by atoms with Crippen LogP contribution >= 0.6 is 11.8 Å². The van der Waals surface area contributed by atoms with E-state index in [1.165, 1.54) is 11.8 Å². The quantitative estimate of drug-likeness (QED) is 0.495. The molecule has 0 amide bonds. The zero-order valence-corrected chi connectivity index (χ0v) is 15.6. The zero-order valence-electron chi connectivity index (χ0n) is 14.8. The number of ketones is 1. The second kappa shape index (κ2) is 7.48. The Balaban J connectivity index is 1.64. The highest BCUT2D eigenvalue weighted by Crippen LogP contribution is 2.32. The van der Waals surface area contributed by atoms with E-state index in [4.69, 9.17) is 4.74 Å². The van der Waals surface area contributed by atoms with Crippen LogP contribution in [0.1, 0.15) is 40.9 Å². The van der Waals surface area contributed by atoms with Gasteiger partial charge in [-0.05, 0) is 24.8 Å². The van der Waals surface area contributed by atoms with Crippen molar-refractivity contribution in [2.45, 2.75) is 30.8 Å². The summed E-state index contributed by atoms with van der Waals surface area (Å²) in [6.07, 6.45) is 2.74. The van der Waals surface area contributed by atoms with Crippen LogP contribution in [0.2, 0.25) is 0 Å². The number of fused-ring (bicyclic) bond motifs is 3. The Morgan fingerprint density at radius 2 is 2.11 bits per heavy atom. The number of benzene rings is 1. The summed E-state index contributed by atoms with van der Waals surface area (Å²) in [4.78, 5) is 32.8. The van der Waals surface area contributed by atoms with Gasteiger partial charge in [0.2, 0.25) is 5.16 Å². The van der Waals surface area contributed by atoms with Crippen molar-refractivity contribution in [3.8, 4) is 0 Å². The summed E-state index contributed by atoms with van der Waals surface area (Å²) in [5.41, 5.74) is 2.56. The zero-order chi connectivity index (χ0) is 18.8. The number of carbonyl (C=O) groups is 2. The third-order valence-corrected chi connectivity index (χ3v) is 5.32. The van der Waals surface area contributed by atoms with E-state index < -0.39 is 0 Å². The fraction of sp³-hybridized carbons (Fsp3) is 0.316. The summed E-state index contributed by atoms with van der Waals surface area (Å²) in [5.74, 6) is 0.433. The first-order valence-corrected chi connectivity index (χ1v) is 9.75. The van der Waals surface area contributed by atoms with E-state index in [2.05, 4.69) is 15.1 Å². The molecule has 8 heteroatoms. The van der Waals surface area contributed by atoms with Crippen molar-refractivity contribution in [3.05, 3.63) is 53.3 Å². The Bertz CT molecular complexity index is 1000. The van der Waals surface area contributed by atoms with Gasteiger partial charge in [-0.3, -0.25) is 9.59 Å². The lowest BCUT2D eigenvalue weighted by Crippen LogP contribution is -2.22. The van der Waals surface area contributed by atoms with Crippen molar-refractivity contribution in [1.82, 2.24) is 19.6 Å². The molecule has 1 aliphatic rings. The smallest absolute Gasteiger partial charge is 0.316 e. The number of esters is 1. The average Bonchev–Trinajstić information content (AvgIpc) is 3.11. The highest BCUT2D eigenvalue weighted by atomic mass is 32.2. The van der Waals surface area contributed by atoms with Gasteiger partial charge in [-0.1, -0.05) is 42.1 Å². The summed E-state index contributed by atoms with van der Waals surface area (Å²) in [6, 6.07) is 10.0. The average molecular weight is 382 g/mol. The van der Waals surface area contributed by atoms with Crippen molar-refractivity contribution in [2.24, 2.45) is 0 Å². The van der Waals surface area contributed by atoms with Gasteiger partial charge in [-0.15, -0.1) is 5.10 Å². The molecule has 0 fully saturated rings. The maximum Gasteiger partial charge on any atom is 0.316 e. The first-order chi connectivity index (χ1) is 13.2. The molecule has 1 aromatic carbocycles. The second-order valence-corrected chi connectivity index (χ2v) is 7.20. The Morgan fingerprint density at radius 1 is 1.30 bits per heavy atom. The Morgan fingerprint density at radius 3 is 2.89 bits per heavy atom. The van der Waals surface area contributed by atoms with Gasteiger partial charge in [0.15, 0.2) is 5.78 Å². The molecule has 2 aromatic heterocycles. The van der Waals surface area contributed by atoms with E-state index in [1.54, 1.807) is 17.6 Å². The third kappa shape index (κ3) is 3.57. The minimum atomic E-state index is -0.310. The largest absolute Gasteiger partial charge is 0.465 e. The predicted octanol–water partition coefficient (Wildman–Crippen LogP) is 2.69. The van der Waals surface area contributed by atoms with Gasteiger partial charge in [0, 0.05) is 12.6 Å². The molecule has 1 atom stereocenters. The molecule has 0 bridgehead atoms. The molecule has 0 saturated heterocycles. The van der Waals surface area contributed by atoms with Crippen molar-refractivity contribution in [2.75, 3.05) is 12.4 Å². The molecule has 7 nitrogen and oxygen atoms in total. The van der Waals surface area contributed by atoms with Crippen LogP contribution < -0.4 is 0 Å². The third-order valence-electron chi connectivity index (χ3n) is 4.51. The minimum Gasteiger partial charge on any atom is -0.465 e. The highest BCUT2D eigenvalue weighted by molar-refractivity contribution is 7.99. The Kier molecular flexibility index (Phi) is 4.89. The number of thioether (sulfide) groups is 1.